The second-order valence-corrected chi connectivity index (χ2v) is 9.07. The lowest BCUT2D eigenvalue weighted by atomic mass is 10.00. The van der Waals surface area contributed by atoms with Crippen LogP contribution in [0.15, 0.2) is 77.8 Å². The summed E-state index contributed by atoms with van der Waals surface area (Å²) in [4.78, 5) is 47.3. The van der Waals surface area contributed by atoms with Crippen molar-refractivity contribution >= 4 is 45.8 Å². The number of aromatic nitrogens is 1. The number of benzene rings is 3. The Bertz CT molecular complexity index is 1540. The number of esters is 1. The molecule has 4 rings (SSSR count). The number of rotatable bonds is 8. The second kappa shape index (κ2) is 11.6. The molecule has 200 valence electrons. The number of nitrogens with one attached hydrogen (secondary N) is 1. The smallest absolute Gasteiger partial charge is 0.338 e. The first-order chi connectivity index (χ1) is 18.7. The van der Waals surface area contributed by atoms with Crippen LogP contribution in [0.1, 0.15) is 35.3 Å². The maximum atomic E-state index is 12.2. The molecule has 0 aliphatic rings. The Morgan fingerprint density at radius 3 is 2.26 bits per heavy atom. The molecule has 0 unspecified atom stereocenters. The SMILES string of the molecule is CCOC(=O)c1ccc2c(C(=Nc3ccc(N(CC(=O)N(C)C)C(C)=O)cc3)c3ccccc3)c(O)[nH]c2c1. The van der Waals surface area contributed by atoms with Crippen LogP contribution in [0.25, 0.3) is 10.9 Å². The van der Waals surface area contributed by atoms with E-state index in [1.165, 1.54) is 16.7 Å². The van der Waals surface area contributed by atoms with E-state index in [1.54, 1.807) is 63.5 Å². The first-order valence-electron chi connectivity index (χ1n) is 12.4. The highest BCUT2D eigenvalue weighted by Gasteiger charge is 2.21. The molecule has 0 aliphatic heterocycles. The number of hydrogen-bond acceptors (Lipinski definition) is 6. The summed E-state index contributed by atoms with van der Waals surface area (Å²) in [5.41, 5.74) is 3.86. The molecular formula is C30H30N4O5. The zero-order chi connectivity index (χ0) is 28.1. The third-order valence-corrected chi connectivity index (χ3v) is 6.15. The number of anilines is 1. The Balaban J connectivity index is 1.77. The van der Waals surface area contributed by atoms with Crippen LogP contribution in [0.5, 0.6) is 5.88 Å². The number of amides is 2. The summed E-state index contributed by atoms with van der Waals surface area (Å²) in [6.45, 7) is 3.34. The second-order valence-electron chi connectivity index (χ2n) is 9.07. The van der Waals surface area contributed by atoms with E-state index in [0.717, 1.165) is 5.56 Å². The number of aromatic amines is 1. The molecule has 0 spiro atoms. The van der Waals surface area contributed by atoms with Crippen LogP contribution in [-0.2, 0) is 14.3 Å². The number of carbonyl (C=O) groups is 3. The van der Waals surface area contributed by atoms with Crippen LogP contribution >= 0.6 is 0 Å². The van der Waals surface area contributed by atoms with Crippen LogP contribution in [-0.4, -0.2) is 65.7 Å². The van der Waals surface area contributed by atoms with E-state index < -0.39 is 5.97 Å². The quantitative estimate of drug-likeness (QED) is 0.256. The standard InChI is InChI=1S/C30H30N4O5/c1-5-39-30(38)21-11-16-24-25(17-21)32-29(37)27(24)28(20-9-7-6-8-10-20)31-22-12-14-23(15-13-22)34(19(2)35)18-26(36)33(3)4/h6-17,32,37H,5,18H2,1-4H3. The van der Waals surface area contributed by atoms with Crippen molar-refractivity contribution in [1.29, 1.82) is 0 Å². The van der Waals surface area contributed by atoms with Gasteiger partial charge >= 0.3 is 5.97 Å². The van der Waals surface area contributed by atoms with Gasteiger partial charge in [0.2, 0.25) is 11.8 Å². The normalized spacial score (nSPS) is 11.3. The van der Waals surface area contributed by atoms with Gasteiger partial charge in [0.15, 0.2) is 5.88 Å². The minimum Gasteiger partial charge on any atom is -0.494 e. The monoisotopic (exact) mass is 526 g/mol. The Morgan fingerprint density at radius 1 is 0.949 bits per heavy atom. The largest absolute Gasteiger partial charge is 0.494 e. The van der Waals surface area contributed by atoms with E-state index in [9.17, 15) is 19.5 Å². The predicted octanol–water partition coefficient (Wildman–Crippen LogP) is 4.66. The number of likely N-dealkylation sites (N-methyl/N-ethyl adjacent to an activating group) is 1. The van der Waals surface area contributed by atoms with Gasteiger partial charge in [0.05, 0.1) is 29.1 Å². The van der Waals surface area contributed by atoms with Crippen molar-refractivity contribution in [3.05, 3.63) is 89.5 Å². The number of H-pyrrole nitrogens is 1. The molecule has 0 aliphatic carbocycles. The fourth-order valence-corrected chi connectivity index (χ4v) is 4.12. The van der Waals surface area contributed by atoms with Gasteiger partial charge in [0, 0.05) is 43.2 Å². The third kappa shape index (κ3) is 5.98. The van der Waals surface area contributed by atoms with Gasteiger partial charge in [0.25, 0.3) is 0 Å². The van der Waals surface area contributed by atoms with E-state index >= 15 is 0 Å². The number of carbonyl (C=O) groups excluding carboxylic acids is 3. The summed E-state index contributed by atoms with van der Waals surface area (Å²) in [7, 11) is 3.28. The van der Waals surface area contributed by atoms with Crippen molar-refractivity contribution < 1.29 is 24.2 Å². The molecule has 2 N–H and O–H groups in total. The van der Waals surface area contributed by atoms with Crippen molar-refractivity contribution in [2.75, 3.05) is 32.1 Å². The van der Waals surface area contributed by atoms with Crippen molar-refractivity contribution in [2.45, 2.75) is 13.8 Å². The molecule has 4 aromatic rings. The van der Waals surface area contributed by atoms with Crippen molar-refractivity contribution in [2.24, 2.45) is 4.99 Å². The van der Waals surface area contributed by atoms with Gasteiger partial charge in [-0.05, 0) is 43.3 Å². The Hall–Kier alpha value is -4.92. The van der Waals surface area contributed by atoms with E-state index in [1.807, 2.05) is 30.3 Å². The van der Waals surface area contributed by atoms with Gasteiger partial charge in [-0.3, -0.25) is 9.59 Å². The molecule has 0 saturated heterocycles. The molecular weight excluding hydrogens is 496 g/mol. The lowest BCUT2D eigenvalue weighted by Gasteiger charge is -2.22. The Kier molecular flexibility index (Phi) is 8.10. The van der Waals surface area contributed by atoms with Crippen LogP contribution < -0.4 is 4.90 Å². The highest BCUT2D eigenvalue weighted by molar-refractivity contribution is 6.22. The summed E-state index contributed by atoms with van der Waals surface area (Å²) in [5, 5.41) is 11.6. The molecule has 1 aromatic heterocycles. The number of fused-ring (bicyclic) bond motifs is 1. The molecule has 0 atom stereocenters. The zero-order valence-electron chi connectivity index (χ0n) is 22.3. The minimum absolute atomic E-state index is 0.0722. The first kappa shape index (κ1) is 27.1. The number of ether oxygens (including phenoxy) is 1. The predicted molar refractivity (Wildman–Crippen MR) is 151 cm³/mol. The minimum atomic E-state index is -0.445. The fourth-order valence-electron chi connectivity index (χ4n) is 4.12. The van der Waals surface area contributed by atoms with Crippen LogP contribution in [0, 0.1) is 0 Å². The van der Waals surface area contributed by atoms with Crippen LogP contribution in [0.4, 0.5) is 11.4 Å². The average molecular weight is 527 g/mol. The summed E-state index contributed by atoms with van der Waals surface area (Å²) in [6.07, 6.45) is 0. The summed E-state index contributed by atoms with van der Waals surface area (Å²) >= 11 is 0. The van der Waals surface area contributed by atoms with Gasteiger partial charge < -0.3 is 24.6 Å². The Labute approximate surface area is 226 Å². The lowest BCUT2D eigenvalue weighted by Crippen LogP contribution is -2.39. The van der Waals surface area contributed by atoms with E-state index in [4.69, 9.17) is 9.73 Å². The highest BCUT2D eigenvalue weighted by atomic mass is 16.5. The van der Waals surface area contributed by atoms with Gasteiger partial charge in [-0.25, -0.2) is 9.79 Å². The molecule has 1 heterocycles. The number of aliphatic imine (C=N–C) groups is 1. The topological polar surface area (TPSA) is 115 Å². The maximum absolute atomic E-state index is 12.2. The molecule has 2 amide bonds. The third-order valence-electron chi connectivity index (χ3n) is 6.15. The summed E-state index contributed by atoms with van der Waals surface area (Å²) in [5.74, 6) is -0.980. The van der Waals surface area contributed by atoms with Crippen LogP contribution in [0.3, 0.4) is 0 Å². The molecule has 9 nitrogen and oxygen atoms in total. The maximum Gasteiger partial charge on any atom is 0.338 e. The molecule has 0 fully saturated rings. The van der Waals surface area contributed by atoms with Crippen molar-refractivity contribution in [3.63, 3.8) is 0 Å². The van der Waals surface area contributed by atoms with E-state index in [0.29, 0.717) is 39.1 Å². The average Bonchev–Trinajstić information content (AvgIpc) is 3.25. The molecule has 0 saturated carbocycles. The fraction of sp³-hybridized carbons (Fsp3) is 0.200. The van der Waals surface area contributed by atoms with Crippen molar-refractivity contribution in [1.82, 2.24) is 9.88 Å². The van der Waals surface area contributed by atoms with Gasteiger partial charge in [-0.1, -0.05) is 36.4 Å². The molecule has 39 heavy (non-hydrogen) atoms. The summed E-state index contributed by atoms with van der Waals surface area (Å²) in [6, 6.07) is 21.4. The lowest BCUT2D eigenvalue weighted by molar-refractivity contribution is -0.129. The van der Waals surface area contributed by atoms with E-state index in [2.05, 4.69) is 4.98 Å². The number of hydrogen-bond donors (Lipinski definition) is 2. The first-order valence-corrected chi connectivity index (χ1v) is 12.4. The highest BCUT2D eigenvalue weighted by Crippen LogP contribution is 2.32. The van der Waals surface area contributed by atoms with Gasteiger partial charge in [0.1, 0.15) is 6.54 Å². The van der Waals surface area contributed by atoms with E-state index in [-0.39, 0.29) is 30.8 Å². The van der Waals surface area contributed by atoms with Gasteiger partial charge in [-0.2, -0.15) is 0 Å². The molecule has 0 radical (unpaired) electrons. The molecule has 9 heteroatoms. The zero-order valence-corrected chi connectivity index (χ0v) is 22.3. The van der Waals surface area contributed by atoms with Crippen molar-refractivity contribution in [3.8, 4) is 5.88 Å². The molecule has 3 aromatic carbocycles. The van der Waals surface area contributed by atoms with Gasteiger partial charge in [-0.15, -0.1) is 0 Å². The number of aromatic hydroxyl groups is 1. The number of nitrogens with zero attached hydrogens (tertiary/aromatic N) is 3. The summed E-state index contributed by atoms with van der Waals surface area (Å²) < 4.78 is 5.10. The molecule has 0 bridgehead atoms. The Morgan fingerprint density at radius 2 is 1.64 bits per heavy atom. The van der Waals surface area contributed by atoms with Crippen LogP contribution in [0.2, 0.25) is 0 Å².